The molecule has 1 aliphatic carbocycles. The van der Waals surface area contributed by atoms with Crippen LogP contribution in [0, 0.1) is 5.92 Å². The minimum Gasteiger partial charge on any atom is -0.452 e. The van der Waals surface area contributed by atoms with E-state index in [9.17, 15) is 14.4 Å². The predicted octanol–water partition coefficient (Wildman–Crippen LogP) is 2.82. The standard InChI is InChI=1S/C18H18ClN3O4S/c1-9-4-5-10-12(7-9)27-17(14(10)16(20)24)22-13(23)8-26-18(25)11-3-2-6-21-15(11)19/h2-3,6,9H,4-5,7-8H2,1H3,(H2,20,24)(H,22,23)/t9-/m0/s1. The Morgan fingerprint density at radius 3 is 2.93 bits per heavy atom. The second-order valence-corrected chi connectivity index (χ2v) is 7.85. The Hall–Kier alpha value is -2.45. The van der Waals surface area contributed by atoms with Gasteiger partial charge in [-0.3, -0.25) is 9.59 Å². The van der Waals surface area contributed by atoms with Crippen molar-refractivity contribution in [2.75, 3.05) is 11.9 Å². The van der Waals surface area contributed by atoms with Crippen LogP contribution < -0.4 is 11.1 Å². The molecule has 0 radical (unpaired) electrons. The first-order chi connectivity index (χ1) is 12.9. The van der Waals surface area contributed by atoms with Crippen LogP contribution in [0.15, 0.2) is 18.3 Å². The van der Waals surface area contributed by atoms with Gasteiger partial charge in [0.1, 0.15) is 10.2 Å². The van der Waals surface area contributed by atoms with Crippen molar-refractivity contribution < 1.29 is 19.1 Å². The highest BCUT2D eigenvalue weighted by Gasteiger charge is 2.27. The Bertz CT molecular complexity index is 912. The molecule has 0 saturated carbocycles. The van der Waals surface area contributed by atoms with Crippen LogP contribution in [0.1, 0.15) is 44.5 Å². The normalized spacial score (nSPS) is 15.7. The number of nitrogens with one attached hydrogen (secondary N) is 1. The number of fused-ring (bicyclic) bond motifs is 1. The van der Waals surface area contributed by atoms with E-state index in [0.29, 0.717) is 16.5 Å². The van der Waals surface area contributed by atoms with E-state index in [-0.39, 0.29) is 10.7 Å². The number of hydrogen-bond acceptors (Lipinski definition) is 6. The Labute approximate surface area is 164 Å². The monoisotopic (exact) mass is 407 g/mol. The minimum atomic E-state index is -0.752. The van der Waals surface area contributed by atoms with Gasteiger partial charge in [0.05, 0.1) is 11.1 Å². The summed E-state index contributed by atoms with van der Waals surface area (Å²) in [4.78, 5) is 40.9. The van der Waals surface area contributed by atoms with Gasteiger partial charge in [0.25, 0.3) is 11.8 Å². The van der Waals surface area contributed by atoms with Crippen LogP contribution in [0.5, 0.6) is 0 Å². The van der Waals surface area contributed by atoms with E-state index >= 15 is 0 Å². The molecule has 142 valence electrons. The molecular weight excluding hydrogens is 390 g/mol. The van der Waals surface area contributed by atoms with Crippen LogP contribution in [0.4, 0.5) is 5.00 Å². The molecule has 0 aromatic carbocycles. The van der Waals surface area contributed by atoms with Gasteiger partial charge < -0.3 is 15.8 Å². The highest BCUT2D eigenvalue weighted by molar-refractivity contribution is 7.17. The average Bonchev–Trinajstić information content (AvgIpc) is 2.97. The van der Waals surface area contributed by atoms with Crippen molar-refractivity contribution in [1.82, 2.24) is 4.98 Å². The van der Waals surface area contributed by atoms with Crippen molar-refractivity contribution >= 4 is 45.7 Å². The zero-order valence-corrected chi connectivity index (χ0v) is 16.2. The molecule has 2 aromatic rings. The van der Waals surface area contributed by atoms with Gasteiger partial charge in [-0.1, -0.05) is 18.5 Å². The van der Waals surface area contributed by atoms with Gasteiger partial charge in [-0.25, -0.2) is 9.78 Å². The molecule has 0 fully saturated rings. The summed E-state index contributed by atoms with van der Waals surface area (Å²) in [5, 5.41) is 3.04. The number of anilines is 1. The Balaban J connectivity index is 1.68. The van der Waals surface area contributed by atoms with Gasteiger partial charge >= 0.3 is 5.97 Å². The Morgan fingerprint density at radius 1 is 1.44 bits per heavy atom. The average molecular weight is 408 g/mol. The Kier molecular flexibility index (Phi) is 5.76. The summed E-state index contributed by atoms with van der Waals surface area (Å²) >= 11 is 7.18. The summed E-state index contributed by atoms with van der Waals surface area (Å²) in [6.45, 7) is 1.63. The summed E-state index contributed by atoms with van der Waals surface area (Å²) in [5.41, 5.74) is 6.87. The van der Waals surface area contributed by atoms with E-state index in [1.54, 1.807) is 6.07 Å². The zero-order valence-electron chi connectivity index (χ0n) is 14.6. The molecule has 3 rings (SSSR count). The van der Waals surface area contributed by atoms with Crippen LogP contribution in [0.25, 0.3) is 0 Å². The molecule has 0 unspecified atom stereocenters. The molecule has 3 N–H and O–H groups in total. The number of aromatic nitrogens is 1. The maximum Gasteiger partial charge on any atom is 0.341 e. The smallest absolute Gasteiger partial charge is 0.341 e. The van der Waals surface area contributed by atoms with Crippen LogP contribution in [-0.2, 0) is 22.4 Å². The summed E-state index contributed by atoms with van der Waals surface area (Å²) in [6.07, 6.45) is 4.03. The largest absolute Gasteiger partial charge is 0.452 e. The van der Waals surface area contributed by atoms with Gasteiger partial charge in [-0.15, -0.1) is 11.3 Å². The van der Waals surface area contributed by atoms with Crippen molar-refractivity contribution in [3.63, 3.8) is 0 Å². The SMILES string of the molecule is C[C@H]1CCc2c(sc(NC(=O)COC(=O)c3cccnc3Cl)c2C(N)=O)C1. The number of hydrogen-bond donors (Lipinski definition) is 2. The maximum absolute atomic E-state index is 12.2. The quantitative estimate of drug-likeness (QED) is 0.584. The third-order valence-corrected chi connectivity index (χ3v) is 5.80. The van der Waals surface area contributed by atoms with E-state index in [1.165, 1.54) is 23.6 Å². The molecule has 2 aromatic heterocycles. The number of rotatable bonds is 5. The molecule has 0 aliphatic heterocycles. The maximum atomic E-state index is 12.2. The fourth-order valence-electron chi connectivity index (χ4n) is 3.01. The lowest BCUT2D eigenvalue weighted by molar-refractivity contribution is -0.119. The van der Waals surface area contributed by atoms with E-state index in [4.69, 9.17) is 22.1 Å². The van der Waals surface area contributed by atoms with Crippen molar-refractivity contribution in [2.45, 2.75) is 26.2 Å². The van der Waals surface area contributed by atoms with E-state index in [1.807, 2.05) is 0 Å². The first-order valence-electron chi connectivity index (χ1n) is 8.38. The number of carbonyl (C=O) groups excluding carboxylic acids is 3. The molecule has 1 atom stereocenters. The number of primary amides is 1. The number of nitrogens with two attached hydrogens (primary N) is 1. The molecule has 7 nitrogen and oxygen atoms in total. The van der Waals surface area contributed by atoms with E-state index < -0.39 is 24.4 Å². The number of halogens is 1. The second-order valence-electron chi connectivity index (χ2n) is 6.39. The van der Waals surface area contributed by atoms with Crippen molar-refractivity contribution in [1.29, 1.82) is 0 Å². The number of thiophene rings is 1. The predicted molar refractivity (Wildman–Crippen MR) is 102 cm³/mol. The topological polar surface area (TPSA) is 111 Å². The minimum absolute atomic E-state index is 0.000949. The number of amides is 2. The molecular formula is C18H18ClN3O4S. The number of pyridine rings is 1. The number of esters is 1. The number of ether oxygens (including phenoxy) is 1. The molecule has 9 heteroatoms. The van der Waals surface area contributed by atoms with Crippen molar-refractivity contribution in [3.05, 3.63) is 45.1 Å². The van der Waals surface area contributed by atoms with Crippen molar-refractivity contribution in [2.24, 2.45) is 11.7 Å². The summed E-state index contributed by atoms with van der Waals surface area (Å²) in [6, 6.07) is 2.99. The molecule has 0 spiro atoms. The Morgan fingerprint density at radius 2 is 2.22 bits per heavy atom. The number of nitrogens with zero attached hydrogens (tertiary/aromatic N) is 1. The lowest BCUT2D eigenvalue weighted by atomic mass is 9.88. The van der Waals surface area contributed by atoms with Crippen molar-refractivity contribution in [3.8, 4) is 0 Å². The zero-order chi connectivity index (χ0) is 19.6. The number of carbonyl (C=O) groups is 3. The first-order valence-corrected chi connectivity index (χ1v) is 9.58. The summed E-state index contributed by atoms with van der Waals surface area (Å²) < 4.78 is 4.98. The molecule has 2 heterocycles. The van der Waals surface area contributed by atoms with E-state index in [2.05, 4.69) is 17.2 Å². The van der Waals surface area contributed by atoms with Crippen LogP contribution in [0.2, 0.25) is 5.15 Å². The van der Waals surface area contributed by atoms with Gasteiger partial charge in [-0.05, 0) is 42.9 Å². The van der Waals surface area contributed by atoms with Crippen LogP contribution in [0.3, 0.4) is 0 Å². The van der Waals surface area contributed by atoms with Crippen LogP contribution >= 0.6 is 22.9 Å². The molecule has 0 bridgehead atoms. The third kappa shape index (κ3) is 4.28. The summed E-state index contributed by atoms with van der Waals surface area (Å²) in [7, 11) is 0. The fraction of sp³-hybridized carbons (Fsp3) is 0.333. The summed E-state index contributed by atoms with van der Waals surface area (Å²) in [5.74, 6) is -1.36. The molecule has 27 heavy (non-hydrogen) atoms. The highest BCUT2D eigenvalue weighted by atomic mass is 35.5. The first kappa shape index (κ1) is 19.3. The van der Waals surface area contributed by atoms with Crippen LogP contribution in [-0.4, -0.2) is 29.4 Å². The fourth-order valence-corrected chi connectivity index (χ4v) is 4.64. The molecule has 0 saturated heterocycles. The highest BCUT2D eigenvalue weighted by Crippen LogP contribution is 2.39. The second kappa shape index (κ2) is 8.06. The van der Waals surface area contributed by atoms with Gasteiger partial charge in [0.15, 0.2) is 6.61 Å². The van der Waals surface area contributed by atoms with Gasteiger partial charge in [0, 0.05) is 11.1 Å². The van der Waals surface area contributed by atoms with Gasteiger partial charge in [-0.2, -0.15) is 0 Å². The van der Waals surface area contributed by atoms with E-state index in [0.717, 1.165) is 29.7 Å². The molecule has 2 amide bonds. The van der Waals surface area contributed by atoms with Gasteiger partial charge in [0.2, 0.25) is 0 Å². The third-order valence-electron chi connectivity index (χ3n) is 4.32. The lowest BCUT2D eigenvalue weighted by Crippen LogP contribution is -2.23. The lowest BCUT2D eigenvalue weighted by Gasteiger charge is -2.18. The molecule has 1 aliphatic rings.